The summed E-state index contributed by atoms with van der Waals surface area (Å²) < 4.78 is 6.54. The molecule has 0 bridgehead atoms. The number of rotatable bonds is 3. The van der Waals surface area contributed by atoms with Crippen LogP contribution >= 0.6 is 11.6 Å². The number of aromatic nitrogens is 2. The van der Waals surface area contributed by atoms with Crippen molar-refractivity contribution in [3.8, 4) is 5.75 Å². The van der Waals surface area contributed by atoms with Crippen molar-refractivity contribution in [2.24, 2.45) is 0 Å². The standard InChI is InChI=1S/C16H15ClN4O5/c17-14-7-8-18-20(15(14)22)12-2-1-9-19(10-12)16(23)26-13-5-3-11(4-6-13)21(24)25/h3-8,12H,1-2,9-10H2. The summed E-state index contributed by atoms with van der Waals surface area (Å²) >= 11 is 5.85. The number of benzene rings is 1. The van der Waals surface area contributed by atoms with Gasteiger partial charge in [-0.05, 0) is 31.0 Å². The average Bonchev–Trinajstić information content (AvgIpc) is 2.64. The third kappa shape index (κ3) is 3.83. The molecule has 1 saturated heterocycles. The van der Waals surface area contributed by atoms with Gasteiger partial charge in [-0.3, -0.25) is 14.9 Å². The summed E-state index contributed by atoms with van der Waals surface area (Å²) in [6.45, 7) is 0.747. The Bertz CT molecular complexity index is 883. The number of non-ortho nitro benzene ring substituents is 1. The van der Waals surface area contributed by atoms with Gasteiger partial charge in [0.05, 0.1) is 11.0 Å². The summed E-state index contributed by atoms with van der Waals surface area (Å²) in [6.07, 6.45) is 2.23. The van der Waals surface area contributed by atoms with Crippen LogP contribution in [0.2, 0.25) is 5.02 Å². The molecular weight excluding hydrogens is 364 g/mol. The lowest BCUT2D eigenvalue weighted by molar-refractivity contribution is -0.384. The van der Waals surface area contributed by atoms with E-state index in [0.29, 0.717) is 19.4 Å². The van der Waals surface area contributed by atoms with Gasteiger partial charge in [-0.15, -0.1) is 0 Å². The SMILES string of the molecule is O=C(Oc1ccc([N+](=O)[O-])cc1)N1CCCC(n2nccc(Cl)c2=O)C1. The van der Waals surface area contributed by atoms with Gasteiger partial charge < -0.3 is 9.64 Å². The Morgan fingerprint density at radius 2 is 2.04 bits per heavy atom. The number of likely N-dealkylation sites (tertiary alicyclic amines) is 1. The molecule has 1 fully saturated rings. The van der Waals surface area contributed by atoms with Crippen LogP contribution in [-0.2, 0) is 0 Å². The number of hydrogen-bond acceptors (Lipinski definition) is 6. The van der Waals surface area contributed by atoms with E-state index < -0.39 is 16.6 Å². The Morgan fingerprint density at radius 1 is 1.31 bits per heavy atom. The minimum Gasteiger partial charge on any atom is -0.410 e. The summed E-state index contributed by atoms with van der Waals surface area (Å²) in [5.74, 6) is 0.209. The Kier molecular flexibility index (Phi) is 5.17. The smallest absolute Gasteiger partial charge is 0.410 e. The number of ether oxygens (including phenoxy) is 1. The second-order valence-electron chi connectivity index (χ2n) is 5.79. The van der Waals surface area contributed by atoms with Crippen LogP contribution in [0.1, 0.15) is 18.9 Å². The van der Waals surface area contributed by atoms with Crippen LogP contribution in [0.3, 0.4) is 0 Å². The number of piperidine rings is 1. The molecular formula is C16H15ClN4O5. The van der Waals surface area contributed by atoms with Crippen molar-refractivity contribution in [3.05, 3.63) is 62.0 Å². The van der Waals surface area contributed by atoms with Gasteiger partial charge in [0.2, 0.25) is 0 Å². The average molecular weight is 379 g/mol. The van der Waals surface area contributed by atoms with Gasteiger partial charge in [0, 0.05) is 31.4 Å². The summed E-state index contributed by atoms with van der Waals surface area (Å²) in [7, 11) is 0. The zero-order valence-corrected chi connectivity index (χ0v) is 14.3. The molecule has 0 N–H and O–H groups in total. The topological polar surface area (TPSA) is 108 Å². The molecule has 1 atom stereocenters. The van der Waals surface area contributed by atoms with Gasteiger partial charge in [0.15, 0.2) is 0 Å². The number of carbonyl (C=O) groups is 1. The highest BCUT2D eigenvalue weighted by Crippen LogP contribution is 2.22. The van der Waals surface area contributed by atoms with E-state index in [1.54, 1.807) is 0 Å². The summed E-state index contributed by atoms with van der Waals surface area (Å²) in [5, 5.41) is 14.8. The number of amides is 1. The van der Waals surface area contributed by atoms with Crippen molar-refractivity contribution >= 4 is 23.4 Å². The maximum atomic E-state index is 12.4. The largest absolute Gasteiger partial charge is 0.415 e. The maximum Gasteiger partial charge on any atom is 0.415 e. The molecule has 1 unspecified atom stereocenters. The fourth-order valence-electron chi connectivity index (χ4n) is 2.79. The Labute approximate surface area is 152 Å². The molecule has 0 aliphatic carbocycles. The lowest BCUT2D eigenvalue weighted by atomic mass is 10.1. The Hall–Kier alpha value is -2.94. The molecule has 2 heterocycles. The van der Waals surface area contributed by atoms with Crippen LogP contribution in [-0.4, -0.2) is 38.8 Å². The first-order chi connectivity index (χ1) is 12.5. The van der Waals surface area contributed by atoms with E-state index in [0.717, 1.165) is 0 Å². The second kappa shape index (κ2) is 7.52. The van der Waals surface area contributed by atoms with E-state index in [1.807, 2.05) is 0 Å². The predicted molar refractivity (Wildman–Crippen MR) is 92.5 cm³/mol. The Morgan fingerprint density at radius 3 is 2.73 bits per heavy atom. The van der Waals surface area contributed by atoms with Gasteiger partial charge >= 0.3 is 6.09 Å². The zero-order valence-electron chi connectivity index (χ0n) is 13.6. The van der Waals surface area contributed by atoms with Crippen LogP contribution < -0.4 is 10.3 Å². The van der Waals surface area contributed by atoms with Gasteiger partial charge in [-0.1, -0.05) is 11.6 Å². The van der Waals surface area contributed by atoms with Crippen LogP contribution in [0, 0.1) is 10.1 Å². The third-order valence-electron chi connectivity index (χ3n) is 4.08. The lowest BCUT2D eigenvalue weighted by Crippen LogP contribution is -2.44. The number of carbonyl (C=O) groups excluding carboxylic acids is 1. The normalized spacial score (nSPS) is 17.0. The fourth-order valence-corrected chi connectivity index (χ4v) is 2.93. The van der Waals surface area contributed by atoms with Crippen LogP contribution in [0.5, 0.6) is 5.75 Å². The first-order valence-electron chi connectivity index (χ1n) is 7.90. The minimum atomic E-state index is -0.585. The second-order valence-corrected chi connectivity index (χ2v) is 6.20. The van der Waals surface area contributed by atoms with Gasteiger partial charge in [0.1, 0.15) is 10.8 Å². The highest BCUT2D eigenvalue weighted by molar-refractivity contribution is 6.30. The van der Waals surface area contributed by atoms with Crippen molar-refractivity contribution in [2.45, 2.75) is 18.9 Å². The quantitative estimate of drug-likeness (QED) is 0.600. The molecule has 26 heavy (non-hydrogen) atoms. The summed E-state index contributed by atoms with van der Waals surface area (Å²) in [6, 6.07) is 6.37. The molecule has 1 aliphatic rings. The zero-order chi connectivity index (χ0) is 18.7. The predicted octanol–water partition coefficient (Wildman–Crippen LogP) is 2.64. The van der Waals surface area contributed by atoms with E-state index >= 15 is 0 Å². The summed E-state index contributed by atoms with van der Waals surface area (Å²) in [5.41, 5.74) is -0.487. The van der Waals surface area contributed by atoms with Crippen molar-refractivity contribution in [3.63, 3.8) is 0 Å². The molecule has 1 aliphatic heterocycles. The molecule has 1 aromatic heterocycles. The first kappa shape index (κ1) is 17.9. The fraction of sp³-hybridized carbons (Fsp3) is 0.312. The van der Waals surface area contributed by atoms with E-state index in [-0.39, 0.29) is 29.0 Å². The van der Waals surface area contributed by atoms with E-state index in [2.05, 4.69) is 5.10 Å². The van der Waals surface area contributed by atoms with Crippen LogP contribution in [0.15, 0.2) is 41.3 Å². The molecule has 136 valence electrons. The van der Waals surface area contributed by atoms with E-state index in [1.165, 1.54) is 46.1 Å². The van der Waals surface area contributed by atoms with Gasteiger partial charge in [0.25, 0.3) is 11.2 Å². The van der Waals surface area contributed by atoms with Crippen molar-refractivity contribution in [2.75, 3.05) is 13.1 Å². The molecule has 0 saturated carbocycles. The molecule has 0 spiro atoms. The van der Waals surface area contributed by atoms with Crippen LogP contribution in [0.25, 0.3) is 0 Å². The van der Waals surface area contributed by atoms with Crippen molar-refractivity contribution in [1.82, 2.24) is 14.7 Å². The molecule has 1 aromatic carbocycles. The molecule has 9 nitrogen and oxygen atoms in total. The number of halogens is 1. The third-order valence-corrected chi connectivity index (χ3v) is 4.37. The number of nitro benzene ring substituents is 1. The Balaban J connectivity index is 1.69. The number of hydrogen-bond donors (Lipinski definition) is 0. The molecule has 0 radical (unpaired) electrons. The molecule has 3 rings (SSSR count). The molecule has 1 amide bonds. The molecule has 10 heteroatoms. The maximum absolute atomic E-state index is 12.4. The number of nitrogens with zero attached hydrogens (tertiary/aromatic N) is 4. The van der Waals surface area contributed by atoms with Gasteiger partial charge in [-0.2, -0.15) is 5.10 Å². The van der Waals surface area contributed by atoms with E-state index in [9.17, 15) is 19.7 Å². The number of nitro groups is 1. The lowest BCUT2D eigenvalue weighted by Gasteiger charge is -2.32. The minimum absolute atomic E-state index is 0.0746. The van der Waals surface area contributed by atoms with Crippen molar-refractivity contribution < 1.29 is 14.5 Å². The summed E-state index contributed by atoms with van der Waals surface area (Å²) in [4.78, 5) is 36.0. The highest BCUT2D eigenvalue weighted by Gasteiger charge is 2.27. The first-order valence-corrected chi connectivity index (χ1v) is 8.28. The van der Waals surface area contributed by atoms with Crippen molar-refractivity contribution in [1.29, 1.82) is 0 Å². The van der Waals surface area contributed by atoms with Gasteiger partial charge in [-0.25, -0.2) is 9.48 Å². The van der Waals surface area contributed by atoms with E-state index in [4.69, 9.17) is 16.3 Å². The van der Waals surface area contributed by atoms with Crippen LogP contribution in [0.4, 0.5) is 10.5 Å². The highest BCUT2D eigenvalue weighted by atomic mass is 35.5. The molecule has 2 aromatic rings. The monoisotopic (exact) mass is 378 g/mol.